The van der Waals surface area contributed by atoms with E-state index in [9.17, 15) is 14.0 Å². The van der Waals surface area contributed by atoms with Crippen LogP contribution in [-0.2, 0) is 4.79 Å². The van der Waals surface area contributed by atoms with Crippen molar-refractivity contribution < 1.29 is 14.0 Å². The number of rotatable bonds is 3. The number of aryl methyl sites for hydroxylation is 1. The Hall–Kier alpha value is -3.67. The molecule has 1 N–H and O–H groups in total. The first-order valence-corrected chi connectivity index (χ1v) is 11.3. The van der Waals surface area contributed by atoms with Crippen molar-refractivity contribution in [3.63, 3.8) is 0 Å². The van der Waals surface area contributed by atoms with E-state index in [0.29, 0.717) is 31.6 Å². The number of β-lactam (4-membered cyclic amide) rings is 1. The smallest absolute Gasteiger partial charge is 0.321 e. The highest BCUT2D eigenvalue weighted by Crippen LogP contribution is 2.57. The molecule has 2 aliphatic heterocycles. The van der Waals surface area contributed by atoms with E-state index in [0.717, 1.165) is 16.8 Å². The molecular formula is C27H26FN3O2. The summed E-state index contributed by atoms with van der Waals surface area (Å²) >= 11 is 0. The molecule has 0 bridgehead atoms. The van der Waals surface area contributed by atoms with Crippen molar-refractivity contribution in [1.29, 1.82) is 0 Å². The molecule has 3 amide bonds. The van der Waals surface area contributed by atoms with E-state index in [2.05, 4.69) is 5.32 Å². The van der Waals surface area contributed by atoms with Crippen molar-refractivity contribution in [3.05, 3.63) is 95.8 Å². The lowest BCUT2D eigenvalue weighted by atomic mass is 9.62. The fourth-order valence-electron chi connectivity index (χ4n) is 5.15. The molecule has 3 aromatic carbocycles. The number of carbonyl (C=O) groups is 2. The van der Waals surface area contributed by atoms with Gasteiger partial charge in [-0.05, 0) is 55.2 Å². The zero-order valence-electron chi connectivity index (χ0n) is 18.5. The minimum absolute atomic E-state index is 0.000847. The second-order valence-electron chi connectivity index (χ2n) is 8.86. The van der Waals surface area contributed by atoms with Gasteiger partial charge in [0.15, 0.2) is 0 Å². The average molecular weight is 444 g/mol. The summed E-state index contributed by atoms with van der Waals surface area (Å²) < 4.78 is 13.9. The van der Waals surface area contributed by atoms with Crippen LogP contribution in [0.3, 0.4) is 0 Å². The van der Waals surface area contributed by atoms with Crippen molar-refractivity contribution >= 4 is 23.3 Å². The molecule has 3 aromatic rings. The van der Waals surface area contributed by atoms with Gasteiger partial charge in [0.05, 0.1) is 11.5 Å². The van der Waals surface area contributed by atoms with Crippen molar-refractivity contribution in [1.82, 2.24) is 4.90 Å². The van der Waals surface area contributed by atoms with Crippen molar-refractivity contribution in [2.45, 2.75) is 25.8 Å². The van der Waals surface area contributed by atoms with E-state index in [1.165, 1.54) is 12.1 Å². The minimum atomic E-state index is -0.590. The molecule has 0 radical (unpaired) electrons. The number of likely N-dealkylation sites (tertiary alicyclic amines) is 1. The van der Waals surface area contributed by atoms with Crippen molar-refractivity contribution in [2.24, 2.45) is 5.41 Å². The van der Waals surface area contributed by atoms with Gasteiger partial charge >= 0.3 is 6.03 Å². The topological polar surface area (TPSA) is 52.7 Å². The Morgan fingerprint density at radius 3 is 2.36 bits per heavy atom. The molecule has 2 fully saturated rings. The Kier molecular flexibility index (Phi) is 5.36. The standard InChI is InChI=1S/C27H26FN3O2/c1-19-8-5-6-13-23(19)29-26(33)30-16-14-27(15-17-30)24(20-9-3-2-4-10-20)31(25(27)32)22-12-7-11-21(28)18-22/h2-13,18,24H,14-17H2,1H3,(H,29,33). The number of anilines is 2. The van der Waals surface area contributed by atoms with Crippen LogP contribution in [0.5, 0.6) is 0 Å². The van der Waals surface area contributed by atoms with E-state index < -0.39 is 5.41 Å². The van der Waals surface area contributed by atoms with Gasteiger partial charge in [-0.3, -0.25) is 4.79 Å². The van der Waals surface area contributed by atoms with Gasteiger partial charge in [0.1, 0.15) is 5.82 Å². The predicted octanol–water partition coefficient (Wildman–Crippen LogP) is 5.54. The zero-order chi connectivity index (χ0) is 23.0. The maximum absolute atomic E-state index is 13.9. The molecule has 0 saturated carbocycles. The first-order chi connectivity index (χ1) is 16.0. The second-order valence-corrected chi connectivity index (χ2v) is 8.86. The van der Waals surface area contributed by atoms with E-state index in [1.54, 1.807) is 21.9 Å². The molecule has 1 atom stereocenters. The van der Waals surface area contributed by atoms with Gasteiger partial charge in [-0.15, -0.1) is 0 Å². The predicted molar refractivity (Wildman–Crippen MR) is 127 cm³/mol. The number of hydrogen-bond acceptors (Lipinski definition) is 2. The lowest BCUT2D eigenvalue weighted by molar-refractivity contribution is -0.144. The van der Waals surface area contributed by atoms with Gasteiger partial charge in [-0.25, -0.2) is 9.18 Å². The van der Waals surface area contributed by atoms with E-state index in [-0.39, 0.29) is 23.8 Å². The third-order valence-electron chi connectivity index (χ3n) is 6.96. The first kappa shape index (κ1) is 21.2. The number of amides is 3. The quantitative estimate of drug-likeness (QED) is 0.541. The maximum atomic E-state index is 13.9. The summed E-state index contributed by atoms with van der Waals surface area (Å²) in [6.45, 7) is 2.94. The van der Waals surface area contributed by atoms with Crippen LogP contribution < -0.4 is 10.2 Å². The number of para-hydroxylation sites is 1. The molecule has 0 aliphatic carbocycles. The van der Waals surface area contributed by atoms with Gasteiger partial charge < -0.3 is 15.1 Å². The highest BCUT2D eigenvalue weighted by Gasteiger charge is 2.62. The van der Waals surface area contributed by atoms with E-state index in [4.69, 9.17) is 0 Å². The van der Waals surface area contributed by atoms with Crippen LogP contribution in [0.2, 0.25) is 0 Å². The fraction of sp³-hybridized carbons (Fsp3) is 0.259. The Morgan fingerprint density at radius 1 is 0.970 bits per heavy atom. The molecule has 2 aliphatic rings. The molecule has 1 spiro atoms. The Morgan fingerprint density at radius 2 is 1.67 bits per heavy atom. The third kappa shape index (κ3) is 3.65. The fourth-order valence-corrected chi connectivity index (χ4v) is 5.15. The lowest BCUT2D eigenvalue weighted by Gasteiger charge is -2.59. The van der Waals surface area contributed by atoms with E-state index in [1.807, 2.05) is 61.5 Å². The second kappa shape index (κ2) is 8.35. The summed E-state index contributed by atoms with van der Waals surface area (Å²) in [4.78, 5) is 29.9. The average Bonchev–Trinajstić information content (AvgIpc) is 2.84. The molecule has 6 heteroatoms. The summed E-state index contributed by atoms with van der Waals surface area (Å²) in [5.74, 6) is -0.364. The van der Waals surface area contributed by atoms with Gasteiger partial charge in [0, 0.05) is 24.5 Å². The zero-order valence-corrected chi connectivity index (χ0v) is 18.5. The van der Waals surface area contributed by atoms with Gasteiger partial charge in [0.25, 0.3) is 0 Å². The van der Waals surface area contributed by atoms with Crippen LogP contribution >= 0.6 is 0 Å². The summed E-state index contributed by atoms with van der Waals surface area (Å²) in [5.41, 5.74) is 2.80. The van der Waals surface area contributed by atoms with Crippen molar-refractivity contribution in [3.8, 4) is 0 Å². The molecule has 168 valence electrons. The Bertz CT molecular complexity index is 1190. The maximum Gasteiger partial charge on any atom is 0.321 e. The Labute approximate surface area is 192 Å². The Balaban J connectivity index is 1.37. The molecule has 2 heterocycles. The molecule has 33 heavy (non-hydrogen) atoms. The third-order valence-corrected chi connectivity index (χ3v) is 6.96. The summed E-state index contributed by atoms with van der Waals surface area (Å²) in [6, 6.07) is 23.4. The van der Waals surface area contributed by atoms with Crippen LogP contribution in [-0.4, -0.2) is 29.9 Å². The number of urea groups is 1. The van der Waals surface area contributed by atoms with Crippen LogP contribution in [0.25, 0.3) is 0 Å². The SMILES string of the molecule is Cc1ccccc1NC(=O)N1CCC2(CC1)C(=O)N(c1cccc(F)c1)C2c1ccccc1. The molecule has 5 nitrogen and oxygen atoms in total. The summed E-state index contributed by atoms with van der Waals surface area (Å²) in [5, 5.41) is 2.99. The summed E-state index contributed by atoms with van der Waals surface area (Å²) in [6.07, 6.45) is 1.14. The molecule has 1 unspecified atom stereocenters. The normalized spacial score (nSPS) is 19.3. The monoisotopic (exact) mass is 443 g/mol. The molecule has 2 saturated heterocycles. The van der Waals surface area contributed by atoms with Gasteiger partial charge in [-0.1, -0.05) is 54.6 Å². The number of carbonyl (C=O) groups excluding carboxylic acids is 2. The van der Waals surface area contributed by atoms with Crippen LogP contribution in [0, 0.1) is 18.2 Å². The molecular weight excluding hydrogens is 417 g/mol. The largest absolute Gasteiger partial charge is 0.324 e. The highest BCUT2D eigenvalue weighted by atomic mass is 19.1. The van der Waals surface area contributed by atoms with Crippen LogP contribution in [0.15, 0.2) is 78.9 Å². The number of nitrogens with zero attached hydrogens (tertiary/aromatic N) is 2. The summed E-state index contributed by atoms with van der Waals surface area (Å²) in [7, 11) is 0. The lowest BCUT2D eigenvalue weighted by Crippen LogP contribution is -2.67. The van der Waals surface area contributed by atoms with Crippen LogP contribution in [0.4, 0.5) is 20.6 Å². The molecule has 0 aromatic heterocycles. The van der Waals surface area contributed by atoms with Gasteiger partial charge in [0.2, 0.25) is 5.91 Å². The number of hydrogen-bond donors (Lipinski definition) is 1. The number of benzene rings is 3. The highest BCUT2D eigenvalue weighted by molar-refractivity contribution is 6.06. The minimum Gasteiger partial charge on any atom is -0.324 e. The van der Waals surface area contributed by atoms with Crippen LogP contribution in [0.1, 0.15) is 30.0 Å². The number of halogens is 1. The van der Waals surface area contributed by atoms with Gasteiger partial charge in [-0.2, -0.15) is 0 Å². The van der Waals surface area contributed by atoms with Crippen molar-refractivity contribution in [2.75, 3.05) is 23.3 Å². The first-order valence-electron chi connectivity index (χ1n) is 11.3. The van der Waals surface area contributed by atoms with E-state index >= 15 is 0 Å². The number of nitrogens with one attached hydrogen (secondary N) is 1. The molecule has 5 rings (SSSR count). The number of piperidine rings is 1.